The normalized spacial score (nSPS) is 11.0. The monoisotopic (exact) mass is 210 g/mol. The molecule has 15 heavy (non-hydrogen) atoms. The fraction of sp³-hybridized carbons (Fsp3) is 0.714. The highest BCUT2D eigenvalue weighted by atomic mass is 16.2. The van der Waals surface area contributed by atoms with Gasteiger partial charge in [0.2, 0.25) is 0 Å². The van der Waals surface area contributed by atoms with Gasteiger partial charge >= 0.3 is 0 Å². The average molecular weight is 210 g/mol. The van der Waals surface area contributed by atoms with Crippen LogP contribution in [0.3, 0.4) is 0 Å². The highest BCUT2D eigenvalue weighted by Crippen LogP contribution is 2.09. The van der Waals surface area contributed by atoms with Crippen LogP contribution in [-0.4, -0.2) is 11.7 Å². The lowest BCUT2D eigenvalue weighted by Gasteiger charge is -2.00. The van der Waals surface area contributed by atoms with Gasteiger partial charge in [0.05, 0.1) is 0 Å². The Hall–Kier alpha value is -0.560. The number of hydrogen-bond acceptors (Lipinski definition) is 1. The van der Waals surface area contributed by atoms with Gasteiger partial charge in [-0.25, -0.2) is 0 Å². The molecule has 0 radical (unpaired) electrons. The van der Waals surface area contributed by atoms with Crippen LogP contribution in [0, 0.1) is 0 Å². The van der Waals surface area contributed by atoms with Gasteiger partial charge in [0.15, 0.2) is 0 Å². The van der Waals surface area contributed by atoms with Crippen molar-refractivity contribution in [2.75, 3.05) is 6.61 Å². The maximum atomic E-state index is 8.60. The van der Waals surface area contributed by atoms with E-state index in [-0.39, 0.29) is 0 Å². The SMILES string of the molecule is C=CC=CCCCCCCCCCCO. The minimum atomic E-state index is 0.357. The lowest BCUT2D eigenvalue weighted by molar-refractivity contribution is 0.282. The third-order valence-electron chi connectivity index (χ3n) is 2.55. The van der Waals surface area contributed by atoms with Crippen LogP contribution in [0.1, 0.15) is 57.8 Å². The molecule has 1 N–H and O–H groups in total. The molecule has 0 fully saturated rings. The summed E-state index contributed by atoms with van der Waals surface area (Å²) in [5, 5.41) is 8.60. The molecule has 0 rings (SSSR count). The van der Waals surface area contributed by atoms with Gasteiger partial charge in [-0.3, -0.25) is 0 Å². The van der Waals surface area contributed by atoms with Gasteiger partial charge in [0.1, 0.15) is 0 Å². The van der Waals surface area contributed by atoms with E-state index in [1.807, 2.05) is 12.2 Å². The summed E-state index contributed by atoms with van der Waals surface area (Å²) >= 11 is 0. The van der Waals surface area contributed by atoms with Gasteiger partial charge in [-0.05, 0) is 19.3 Å². The number of hydrogen-bond donors (Lipinski definition) is 1. The topological polar surface area (TPSA) is 20.2 Å². The molecule has 0 saturated heterocycles. The van der Waals surface area contributed by atoms with Crippen molar-refractivity contribution in [2.45, 2.75) is 57.8 Å². The first kappa shape index (κ1) is 14.4. The molecule has 0 aromatic heterocycles. The van der Waals surface area contributed by atoms with Crippen LogP contribution in [0.15, 0.2) is 24.8 Å². The maximum Gasteiger partial charge on any atom is 0.0431 e. The fourth-order valence-corrected chi connectivity index (χ4v) is 1.63. The Kier molecular flexibility index (Phi) is 12.9. The van der Waals surface area contributed by atoms with Crippen molar-refractivity contribution in [1.29, 1.82) is 0 Å². The van der Waals surface area contributed by atoms with E-state index in [1.165, 1.54) is 51.4 Å². The predicted molar refractivity (Wildman–Crippen MR) is 68.0 cm³/mol. The molecule has 0 saturated carbocycles. The zero-order valence-electron chi connectivity index (χ0n) is 9.96. The first-order valence-corrected chi connectivity index (χ1v) is 6.30. The van der Waals surface area contributed by atoms with E-state index >= 15 is 0 Å². The Bertz CT molecular complexity index is 149. The second-order valence-corrected chi connectivity index (χ2v) is 4.00. The second kappa shape index (κ2) is 13.4. The summed E-state index contributed by atoms with van der Waals surface area (Å²) in [5.74, 6) is 0. The number of unbranched alkanes of at least 4 members (excludes halogenated alkanes) is 8. The Morgan fingerprint density at radius 3 is 1.87 bits per heavy atom. The maximum absolute atomic E-state index is 8.60. The minimum absolute atomic E-state index is 0.357. The highest BCUT2D eigenvalue weighted by Gasteiger charge is 1.90. The van der Waals surface area contributed by atoms with Crippen LogP contribution in [0.25, 0.3) is 0 Å². The van der Waals surface area contributed by atoms with E-state index in [2.05, 4.69) is 12.7 Å². The molecule has 88 valence electrons. The van der Waals surface area contributed by atoms with Crippen molar-refractivity contribution in [3.05, 3.63) is 24.8 Å². The molecule has 0 amide bonds. The number of allylic oxidation sites excluding steroid dienone is 3. The van der Waals surface area contributed by atoms with Gasteiger partial charge < -0.3 is 5.11 Å². The molecule has 0 bridgehead atoms. The van der Waals surface area contributed by atoms with E-state index in [4.69, 9.17) is 5.11 Å². The molecular formula is C14H26O. The summed E-state index contributed by atoms with van der Waals surface area (Å²) in [5.41, 5.74) is 0. The number of rotatable bonds is 11. The molecule has 0 aromatic rings. The van der Waals surface area contributed by atoms with Crippen molar-refractivity contribution >= 4 is 0 Å². The third-order valence-corrected chi connectivity index (χ3v) is 2.55. The van der Waals surface area contributed by atoms with E-state index in [9.17, 15) is 0 Å². The Labute approximate surface area is 94.9 Å². The van der Waals surface area contributed by atoms with Crippen LogP contribution in [-0.2, 0) is 0 Å². The Morgan fingerprint density at radius 2 is 1.33 bits per heavy atom. The van der Waals surface area contributed by atoms with Gasteiger partial charge in [-0.15, -0.1) is 0 Å². The third kappa shape index (κ3) is 13.4. The van der Waals surface area contributed by atoms with E-state index in [1.54, 1.807) is 0 Å². The molecule has 0 heterocycles. The van der Waals surface area contributed by atoms with Crippen LogP contribution < -0.4 is 0 Å². The highest BCUT2D eigenvalue weighted by molar-refractivity contribution is 4.96. The smallest absolute Gasteiger partial charge is 0.0431 e. The van der Waals surface area contributed by atoms with Gasteiger partial charge in [-0.2, -0.15) is 0 Å². The molecule has 0 aromatic carbocycles. The molecule has 0 aliphatic rings. The molecule has 0 unspecified atom stereocenters. The summed E-state index contributed by atoms with van der Waals surface area (Å²) in [7, 11) is 0. The summed E-state index contributed by atoms with van der Waals surface area (Å²) in [6, 6.07) is 0. The number of aliphatic hydroxyl groups is 1. The van der Waals surface area contributed by atoms with Crippen molar-refractivity contribution in [3.63, 3.8) is 0 Å². The fourth-order valence-electron chi connectivity index (χ4n) is 1.63. The first-order chi connectivity index (χ1) is 7.41. The largest absolute Gasteiger partial charge is 0.396 e. The van der Waals surface area contributed by atoms with E-state index < -0.39 is 0 Å². The standard InChI is InChI=1S/C14H26O/c1-2-3-4-5-6-7-8-9-10-11-12-13-14-15/h2-4,15H,1,5-14H2. The van der Waals surface area contributed by atoms with E-state index in [0.29, 0.717) is 6.61 Å². The molecule has 1 heteroatoms. The van der Waals surface area contributed by atoms with Gasteiger partial charge in [0, 0.05) is 6.61 Å². The van der Waals surface area contributed by atoms with Gasteiger partial charge in [0.25, 0.3) is 0 Å². The first-order valence-electron chi connectivity index (χ1n) is 6.30. The average Bonchev–Trinajstić information content (AvgIpc) is 2.26. The molecule has 1 nitrogen and oxygen atoms in total. The summed E-state index contributed by atoms with van der Waals surface area (Å²) in [4.78, 5) is 0. The van der Waals surface area contributed by atoms with Crippen molar-refractivity contribution < 1.29 is 5.11 Å². The summed E-state index contributed by atoms with van der Waals surface area (Å²) < 4.78 is 0. The molecule has 0 aliphatic carbocycles. The number of aliphatic hydroxyl groups excluding tert-OH is 1. The zero-order chi connectivity index (χ0) is 11.2. The lowest BCUT2D eigenvalue weighted by Crippen LogP contribution is -1.84. The minimum Gasteiger partial charge on any atom is -0.396 e. The van der Waals surface area contributed by atoms with Crippen LogP contribution in [0.5, 0.6) is 0 Å². The van der Waals surface area contributed by atoms with Crippen molar-refractivity contribution in [3.8, 4) is 0 Å². The van der Waals surface area contributed by atoms with Crippen LogP contribution >= 0.6 is 0 Å². The van der Waals surface area contributed by atoms with E-state index in [0.717, 1.165) is 6.42 Å². The van der Waals surface area contributed by atoms with Crippen molar-refractivity contribution in [1.82, 2.24) is 0 Å². The van der Waals surface area contributed by atoms with Crippen molar-refractivity contribution in [2.24, 2.45) is 0 Å². The summed E-state index contributed by atoms with van der Waals surface area (Å²) in [6.07, 6.45) is 17.4. The molecule has 0 aliphatic heterocycles. The molecule has 0 atom stereocenters. The van der Waals surface area contributed by atoms with Crippen LogP contribution in [0.4, 0.5) is 0 Å². The summed E-state index contributed by atoms with van der Waals surface area (Å²) in [6.45, 7) is 4.00. The quantitative estimate of drug-likeness (QED) is 0.399. The molecular weight excluding hydrogens is 184 g/mol. The Balaban J connectivity index is 2.92. The molecule has 0 spiro atoms. The second-order valence-electron chi connectivity index (χ2n) is 4.00. The zero-order valence-corrected chi connectivity index (χ0v) is 9.96. The van der Waals surface area contributed by atoms with Crippen LogP contribution in [0.2, 0.25) is 0 Å². The lowest BCUT2D eigenvalue weighted by atomic mass is 10.1. The Morgan fingerprint density at radius 1 is 0.800 bits per heavy atom. The predicted octanol–water partition coefficient (Wildman–Crippen LogP) is 4.23. The van der Waals surface area contributed by atoms with Gasteiger partial charge in [-0.1, -0.05) is 63.3 Å².